The molecule has 4 heteroatoms. The maximum absolute atomic E-state index is 4.28. The first-order valence-corrected chi connectivity index (χ1v) is 7.89. The molecule has 0 radical (unpaired) electrons. The highest BCUT2D eigenvalue weighted by Gasteiger charge is 2.06. The van der Waals surface area contributed by atoms with Crippen LogP contribution in [0.25, 0.3) is 5.69 Å². The first kappa shape index (κ1) is 15.4. The van der Waals surface area contributed by atoms with Gasteiger partial charge in [0.2, 0.25) is 0 Å². The van der Waals surface area contributed by atoms with Crippen LogP contribution in [0.4, 0.5) is 0 Å². The predicted molar refractivity (Wildman–Crippen MR) is 92.6 cm³/mol. The van der Waals surface area contributed by atoms with Gasteiger partial charge in [-0.15, -0.1) is 0 Å². The van der Waals surface area contributed by atoms with E-state index in [0.717, 1.165) is 25.2 Å². The van der Waals surface area contributed by atoms with Crippen LogP contribution in [-0.4, -0.2) is 33.3 Å². The summed E-state index contributed by atoms with van der Waals surface area (Å²) in [5.74, 6) is 0. The Morgan fingerprint density at radius 3 is 2.61 bits per heavy atom. The SMILES string of the molecule is Cc1cc(-n2cccn2)ccc1CN(C)CCc1ccncc1. The monoisotopic (exact) mass is 306 g/mol. The van der Waals surface area contributed by atoms with E-state index in [1.807, 2.05) is 29.3 Å². The summed E-state index contributed by atoms with van der Waals surface area (Å²) in [5, 5.41) is 4.28. The molecule has 0 N–H and O–H groups in total. The minimum Gasteiger partial charge on any atom is -0.302 e. The molecular weight excluding hydrogens is 284 g/mol. The van der Waals surface area contributed by atoms with E-state index in [9.17, 15) is 0 Å². The van der Waals surface area contributed by atoms with Crippen molar-refractivity contribution in [3.05, 3.63) is 77.9 Å². The summed E-state index contributed by atoms with van der Waals surface area (Å²) in [6, 6.07) is 12.6. The van der Waals surface area contributed by atoms with Crippen LogP contribution in [0.15, 0.2) is 61.2 Å². The fourth-order valence-electron chi connectivity index (χ4n) is 2.66. The summed E-state index contributed by atoms with van der Waals surface area (Å²) in [6.07, 6.45) is 8.52. The lowest BCUT2D eigenvalue weighted by molar-refractivity contribution is 0.330. The molecule has 2 aromatic heterocycles. The molecule has 0 aliphatic rings. The van der Waals surface area contributed by atoms with Crippen molar-refractivity contribution in [2.45, 2.75) is 19.9 Å². The molecule has 3 aromatic rings. The van der Waals surface area contributed by atoms with Crippen LogP contribution in [0.5, 0.6) is 0 Å². The second kappa shape index (κ2) is 7.20. The fourth-order valence-corrected chi connectivity index (χ4v) is 2.66. The zero-order valence-electron chi connectivity index (χ0n) is 13.7. The van der Waals surface area contributed by atoms with E-state index < -0.39 is 0 Å². The van der Waals surface area contributed by atoms with Gasteiger partial charge in [0.1, 0.15) is 0 Å². The molecule has 3 rings (SSSR count). The first-order chi connectivity index (χ1) is 11.2. The number of rotatable bonds is 6. The minimum absolute atomic E-state index is 0.955. The van der Waals surface area contributed by atoms with Gasteiger partial charge in [-0.05, 0) is 67.4 Å². The van der Waals surface area contributed by atoms with Gasteiger partial charge in [0, 0.05) is 37.9 Å². The molecule has 23 heavy (non-hydrogen) atoms. The largest absolute Gasteiger partial charge is 0.302 e. The number of hydrogen-bond acceptors (Lipinski definition) is 3. The molecule has 2 heterocycles. The molecule has 118 valence electrons. The lowest BCUT2D eigenvalue weighted by atomic mass is 10.1. The standard InChI is InChI=1S/C19H22N4/c1-16-14-19(23-12-3-9-21-23)5-4-18(16)15-22(2)13-8-17-6-10-20-11-7-17/h3-7,9-12,14H,8,13,15H2,1-2H3. The van der Waals surface area contributed by atoms with Crippen molar-refractivity contribution in [3.63, 3.8) is 0 Å². The molecule has 0 bridgehead atoms. The lowest BCUT2D eigenvalue weighted by Crippen LogP contribution is -2.21. The zero-order chi connectivity index (χ0) is 16.1. The molecule has 0 aliphatic carbocycles. The maximum atomic E-state index is 4.28. The summed E-state index contributed by atoms with van der Waals surface area (Å²) in [7, 11) is 2.17. The summed E-state index contributed by atoms with van der Waals surface area (Å²) in [6.45, 7) is 4.15. The van der Waals surface area contributed by atoms with Crippen molar-refractivity contribution in [1.82, 2.24) is 19.7 Å². The van der Waals surface area contributed by atoms with Crippen LogP contribution in [0.1, 0.15) is 16.7 Å². The molecule has 0 spiro atoms. The Bertz CT molecular complexity index is 735. The summed E-state index contributed by atoms with van der Waals surface area (Å²) >= 11 is 0. The van der Waals surface area contributed by atoms with Crippen molar-refractivity contribution >= 4 is 0 Å². The van der Waals surface area contributed by atoms with E-state index in [1.54, 1.807) is 6.20 Å². The Morgan fingerprint density at radius 2 is 1.91 bits per heavy atom. The molecule has 0 saturated heterocycles. The van der Waals surface area contributed by atoms with Crippen LogP contribution >= 0.6 is 0 Å². The van der Waals surface area contributed by atoms with E-state index in [4.69, 9.17) is 0 Å². The molecule has 0 fully saturated rings. The van der Waals surface area contributed by atoms with E-state index in [1.165, 1.54) is 16.7 Å². The highest BCUT2D eigenvalue weighted by atomic mass is 15.3. The van der Waals surface area contributed by atoms with Crippen LogP contribution in [-0.2, 0) is 13.0 Å². The molecule has 0 atom stereocenters. The van der Waals surface area contributed by atoms with Crippen LogP contribution in [0.2, 0.25) is 0 Å². The Hall–Kier alpha value is -2.46. The topological polar surface area (TPSA) is 34.0 Å². The minimum atomic E-state index is 0.955. The van der Waals surface area contributed by atoms with Crippen LogP contribution < -0.4 is 0 Å². The van der Waals surface area contributed by atoms with Gasteiger partial charge in [0.25, 0.3) is 0 Å². The van der Waals surface area contributed by atoms with Gasteiger partial charge in [0.15, 0.2) is 0 Å². The van der Waals surface area contributed by atoms with Crippen molar-refractivity contribution in [1.29, 1.82) is 0 Å². The van der Waals surface area contributed by atoms with Crippen molar-refractivity contribution < 1.29 is 0 Å². The van der Waals surface area contributed by atoms with Gasteiger partial charge in [-0.2, -0.15) is 5.10 Å². The molecule has 0 saturated carbocycles. The van der Waals surface area contributed by atoms with Crippen molar-refractivity contribution in [2.75, 3.05) is 13.6 Å². The smallest absolute Gasteiger partial charge is 0.0648 e. The molecule has 1 aromatic carbocycles. The van der Waals surface area contributed by atoms with E-state index >= 15 is 0 Å². The Balaban J connectivity index is 1.61. The average molecular weight is 306 g/mol. The third-order valence-corrected chi connectivity index (χ3v) is 4.07. The summed E-state index contributed by atoms with van der Waals surface area (Å²) < 4.78 is 1.89. The van der Waals surface area contributed by atoms with Gasteiger partial charge in [-0.25, -0.2) is 4.68 Å². The number of benzene rings is 1. The second-order valence-corrected chi connectivity index (χ2v) is 5.90. The average Bonchev–Trinajstić information content (AvgIpc) is 3.10. The number of nitrogens with zero attached hydrogens (tertiary/aromatic N) is 4. The number of aromatic nitrogens is 3. The number of likely N-dealkylation sites (N-methyl/N-ethyl adjacent to an activating group) is 1. The van der Waals surface area contributed by atoms with Gasteiger partial charge in [-0.3, -0.25) is 4.98 Å². The molecule has 0 aliphatic heterocycles. The molecule has 0 amide bonds. The molecule has 0 unspecified atom stereocenters. The fraction of sp³-hybridized carbons (Fsp3) is 0.263. The van der Waals surface area contributed by atoms with E-state index in [-0.39, 0.29) is 0 Å². The third kappa shape index (κ3) is 4.05. The van der Waals surface area contributed by atoms with Crippen molar-refractivity contribution in [2.24, 2.45) is 0 Å². The Morgan fingerprint density at radius 1 is 1.09 bits per heavy atom. The van der Waals surface area contributed by atoms with Gasteiger partial charge < -0.3 is 4.90 Å². The Labute approximate surface area is 137 Å². The third-order valence-electron chi connectivity index (χ3n) is 4.07. The molecule has 4 nitrogen and oxygen atoms in total. The first-order valence-electron chi connectivity index (χ1n) is 7.89. The van der Waals surface area contributed by atoms with E-state index in [0.29, 0.717) is 0 Å². The second-order valence-electron chi connectivity index (χ2n) is 5.90. The summed E-state index contributed by atoms with van der Waals surface area (Å²) in [5.41, 5.74) is 5.10. The Kier molecular flexibility index (Phi) is 4.83. The number of aryl methyl sites for hydroxylation is 1. The van der Waals surface area contributed by atoms with Gasteiger partial charge in [0.05, 0.1) is 5.69 Å². The van der Waals surface area contributed by atoms with Crippen LogP contribution in [0, 0.1) is 6.92 Å². The maximum Gasteiger partial charge on any atom is 0.0648 e. The van der Waals surface area contributed by atoms with E-state index in [2.05, 4.69) is 59.3 Å². The predicted octanol–water partition coefficient (Wildman–Crippen LogP) is 3.25. The highest BCUT2D eigenvalue weighted by Crippen LogP contribution is 2.16. The normalized spacial score (nSPS) is 11.1. The quantitative estimate of drug-likeness (QED) is 0.701. The summed E-state index contributed by atoms with van der Waals surface area (Å²) in [4.78, 5) is 6.42. The molecular formula is C19H22N4. The zero-order valence-corrected chi connectivity index (χ0v) is 13.7. The van der Waals surface area contributed by atoms with Gasteiger partial charge in [-0.1, -0.05) is 6.07 Å². The van der Waals surface area contributed by atoms with Crippen molar-refractivity contribution in [3.8, 4) is 5.69 Å². The van der Waals surface area contributed by atoms with Gasteiger partial charge >= 0.3 is 0 Å². The van der Waals surface area contributed by atoms with Crippen LogP contribution in [0.3, 0.4) is 0 Å². The number of hydrogen-bond donors (Lipinski definition) is 0. The lowest BCUT2D eigenvalue weighted by Gasteiger charge is -2.18. The number of pyridine rings is 1. The highest BCUT2D eigenvalue weighted by molar-refractivity contribution is 5.39.